The third-order valence-electron chi connectivity index (χ3n) is 10.1. The smallest absolute Gasteiger partial charge is 0.462 e. The van der Waals surface area contributed by atoms with Crippen molar-refractivity contribution in [2.45, 2.75) is 224 Å². The molecule has 0 aromatic heterocycles. The van der Waals surface area contributed by atoms with Crippen molar-refractivity contribution >= 4 is 19.8 Å². The van der Waals surface area contributed by atoms with Crippen molar-refractivity contribution < 1.29 is 63.1 Å². The van der Waals surface area contributed by atoms with Gasteiger partial charge in [0.05, 0.1) is 6.61 Å². The summed E-state index contributed by atoms with van der Waals surface area (Å²) in [4.78, 5) is 35.5. The maximum absolute atomic E-state index is 12.8. The predicted molar refractivity (Wildman–Crippen MR) is 212 cm³/mol. The molecule has 14 heteroatoms. The number of carbonyl (C=O) groups excluding carboxylic acids is 2. The minimum Gasteiger partial charge on any atom is -0.462 e. The average molecular weight is 809 g/mol. The molecule has 0 aliphatic heterocycles. The highest BCUT2D eigenvalue weighted by Crippen LogP contribution is 2.47. The molecule has 1 rings (SSSR count). The van der Waals surface area contributed by atoms with Gasteiger partial charge in [0.1, 0.15) is 43.2 Å². The number of carbonyl (C=O) groups is 2. The lowest BCUT2D eigenvalue weighted by Gasteiger charge is -2.41. The molecule has 0 aromatic carbocycles. The molecule has 0 heterocycles. The van der Waals surface area contributed by atoms with Gasteiger partial charge in [-0.1, -0.05) is 142 Å². The monoisotopic (exact) mass is 809 g/mol. The van der Waals surface area contributed by atoms with E-state index in [0.29, 0.717) is 12.8 Å². The van der Waals surface area contributed by atoms with Gasteiger partial charge >= 0.3 is 19.8 Å². The number of aliphatic hydroxyl groups excluding tert-OH is 5. The standard InChI is InChI=1S/C41H77O13P/c1-3-5-7-9-11-13-15-16-17-18-20-22-24-26-28-30-35(43)53-33(31-51-34(42)29-27-25-23-21-19-14-12-10-8-6-4-2)32-52-55(49,50)54-41-39(47)37(45)36(44)38(46)40(41)48/h16-17,33,36-41,44-48H,3-15,18-32H2,1-2H3,(H,49,50)/b17-16+/t33-,36?,37-,38?,39?,40?,41?/m1/s1. The first-order valence-corrected chi connectivity index (χ1v) is 23.0. The molecular weight excluding hydrogens is 731 g/mol. The third-order valence-corrected chi connectivity index (χ3v) is 11.1. The van der Waals surface area contributed by atoms with Crippen LogP contribution in [0.25, 0.3) is 0 Å². The molecule has 0 radical (unpaired) electrons. The predicted octanol–water partition coefficient (Wildman–Crippen LogP) is 7.50. The quantitative estimate of drug-likeness (QED) is 0.0159. The molecule has 0 saturated heterocycles. The molecule has 6 N–H and O–H groups in total. The van der Waals surface area contributed by atoms with Crippen LogP contribution in [0.5, 0.6) is 0 Å². The fraction of sp³-hybridized carbons (Fsp3) is 0.902. The zero-order valence-electron chi connectivity index (χ0n) is 34.0. The van der Waals surface area contributed by atoms with Crippen LogP contribution < -0.4 is 0 Å². The zero-order valence-corrected chi connectivity index (χ0v) is 34.9. The number of unbranched alkanes of at least 4 members (excludes halogenated alkanes) is 21. The van der Waals surface area contributed by atoms with Crippen LogP contribution in [0.3, 0.4) is 0 Å². The first-order valence-electron chi connectivity index (χ1n) is 21.5. The lowest BCUT2D eigenvalue weighted by atomic mass is 9.85. The van der Waals surface area contributed by atoms with Crippen molar-refractivity contribution in [2.24, 2.45) is 0 Å². The molecule has 0 amide bonds. The molecule has 1 fully saturated rings. The van der Waals surface area contributed by atoms with E-state index >= 15 is 0 Å². The van der Waals surface area contributed by atoms with E-state index in [1.54, 1.807) is 0 Å². The van der Waals surface area contributed by atoms with Gasteiger partial charge < -0.3 is 39.9 Å². The van der Waals surface area contributed by atoms with Crippen molar-refractivity contribution in [2.75, 3.05) is 13.2 Å². The summed E-state index contributed by atoms with van der Waals surface area (Å²) in [5, 5.41) is 50.0. The number of esters is 2. The second-order valence-electron chi connectivity index (χ2n) is 15.2. The summed E-state index contributed by atoms with van der Waals surface area (Å²) < 4.78 is 33.4. The Morgan fingerprint density at radius 3 is 1.38 bits per heavy atom. The van der Waals surface area contributed by atoms with Gasteiger partial charge in [-0.25, -0.2) is 4.57 Å². The van der Waals surface area contributed by atoms with E-state index in [1.807, 2.05) is 0 Å². The van der Waals surface area contributed by atoms with Gasteiger partial charge in [-0.05, 0) is 38.5 Å². The van der Waals surface area contributed by atoms with Crippen molar-refractivity contribution in [3.05, 3.63) is 12.2 Å². The van der Waals surface area contributed by atoms with Crippen LogP contribution in [-0.4, -0.2) is 98.3 Å². The molecule has 8 atom stereocenters. The number of aliphatic hydroxyl groups is 5. The van der Waals surface area contributed by atoms with E-state index in [-0.39, 0.29) is 12.8 Å². The molecule has 0 aromatic rings. The van der Waals surface area contributed by atoms with Crippen LogP contribution in [0.4, 0.5) is 0 Å². The Bertz CT molecular complexity index is 1030. The minimum atomic E-state index is -5.11. The van der Waals surface area contributed by atoms with Crippen molar-refractivity contribution in [3.8, 4) is 0 Å². The Kier molecular flexibility index (Phi) is 30.5. The largest absolute Gasteiger partial charge is 0.472 e. The van der Waals surface area contributed by atoms with E-state index < -0.39 is 75.7 Å². The number of rotatable bonds is 35. The lowest BCUT2D eigenvalue weighted by molar-refractivity contribution is -0.220. The van der Waals surface area contributed by atoms with Gasteiger partial charge in [0.2, 0.25) is 0 Å². The van der Waals surface area contributed by atoms with E-state index in [9.17, 15) is 44.6 Å². The topological polar surface area (TPSA) is 210 Å². The normalized spacial score (nSPS) is 23.1. The maximum atomic E-state index is 12.8. The second-order valence-corrected chi connectivity index (χ2v) is 16.6. The van der Waals surface area contributed by atoms with Gasteiger partial charge in [0, 0.05) is 12.8 Å². The van der Waals surface area contributed by atoms with Gasteiger partial charge in [0.25, 0.3) is 0 Å². The van der Waals surface area contributed by atoms with Crippen LogP contribution in [0.15, 0.2) is 12.2 Å². The minimum absolute atomic E-state index is 0.0905. The molecule has 1 saturated carbocycles. The number of phosphoric acid groups is 1. The maximum Gasteiger partial charge on any atom is 0.472 e. The van der Waals surface area contributed by atoms with Gasteiger partial charge in [0.15, 0.2) is 6.10 Å². The number of phosphoric ester groups is 1. The molecule has 0 bridgehead atoms. The van der Waals surface area contributed by atoms with Gasteiger partial charge in [-0.15, -0.1) is 0 Å². The summed E-state index contributed by atoms with van der Waals surface area (Å²) in [7, 11) is -5.11. The van der Waals surface area contributed by atoms with Crippen LogP contribution in [0, 0.1) is 0 Å². The summed E-state index contributed by atoms with van der Waals surface area (Å²) in [5.74, 6) is -1.10. The summed E-state index contributed by atoms with van der Waals surface area (Å²) >= 11 is 0. The Labute approximate surface area is 331 Å². The van der Waals surface area contributed by atoms with E-state index in [0.717, 1.165) is 57.8 Å². The highest BCUT2D eigenvalue weighted by atomic mass is 31.2. The molecule has 1 aliphatic rings. The number of ether oxygens (including phenoxy) is 2. The highest BCUT2D eigenvalue weighted by Gasteiger charge is 2.51. The Balaban J connectivity index is 2.50. The van der Waals surface area contributed by atoms with E-state index in [4.69, 9.17) is 18.5 Å². The fourth-order valence-corrected chi connectivity index (χ4v) is 7.55. The summed E-state index contributed by atoms with van der Waals surface area (Å²) in [5.41, 5.74) is 0. The molecular formula is C41H77O13P. The first kappa shape index (κ1) is 51.6. The molecule has 1 aliphatic carbocycles. The van der Waals surface area contributed by atoms with E-state index in [2.05, 4.69) is 26.0 Å². The Morgan fingerprint density at radius 2 is 0.927 bits per heavy atom. The Morgan fingerprint density at radius 1 is 0.545 bits per heavy atom. The van der Waals surface area contributed by atoms with Crippen LogP contribution in [0.2, 0.25) is 0 Å². The van der Waals surface area contributed by atoms with Crippen LogP contribution in [-0.2, 0) is 32.7 Å². The fourth-order valence-electron chi connectivity index (χ4n) is 6.58. The zero-order chi connectivity index (χ0) is 40.7. The number of allylic oxidation sites excluding steroid dienone is 2. The Hall–Kier alpha value is -1.41. The van der Waals surface area contributed by atoms with Crippen LogP contribution in [0.1, 0.15) is 181 Å². The van der Waals surface area contributed by atoms with Crippen molar-refractivity contribution in [1.82, 2.24) is 0 Å². The van der Waals surface area contributed by atoms with Gasteiger partial charge in [-0.3, -0.25) is 18.6 Å². The van der Waals surface area contributed by atoms with E-state index in [1.165, 1.54) is 83.5 Å². The molecule has 6 unspecified atom stereocenters. The van der Waals surface area contributed by atoms with Crippen LogP contribution >= 0.6 is 7.82 Å². The SMILES string of the molecule is CCCCCCCC/C=C/CCCCCCCC(=O)O[C@H](COC(=O)CCCCCCCCCCCCC)COP(=O)(O)OC1C(O)C(O)C(O)[C@@H](O)C1O. The molecule has 0 spiro atoms. The summed E-state index contributed by atoms with van der Waals surface area (Å²) in [6, 6.07) is 0. The average Bonchev–Trinajstić information content (AvgIpc) is 3.16. The number of hydrogen-bond donors (Lipinski definition) is 6. The first-order chi connectivity index (χ1) is 26.4. The third kappa shape index (κ3) is 25.5. The molecule has 55 heavy (non-hydrogen) atoms. The lowest BCUT2D eigenvalue weighted by Crippen LogP contribution is -2.64. The van der Waals surface area contributed by atoms with Crippen molar-refractivity contribution in [1.29, 1.82) is 0 Å². The molecule has 13 nitrogen and oxygen atoms in total. The van der Waals surface area contributed by atoms with Crippen molar-refractivity contribution in [3.63, 3.8) is 0 Å². The highest BCUT2D eigenvalue weighted by molar-refractivity contribution is 7.47. The summed E-state index contributed by atoms with van der Waals surface area (Å²) in [6.07, 6.45) is 18.5. The summed E-state index contributed by atoms with van der Waals surface area (Å²) in [6.45, 7) is 3.27. The number of hydrogen-bond acceptors (Lipinski definition) is 12. The molecule has 324 valence electrons. The van der Waals surface area contributed by atoms with Gasteiger partial charge in [-0.2, -0.15) is 0 Å². The second kappa shape index (κ2) is 32.5.